The van der Waals surface area contributed by atoms with Crippen molar-refractivity contribution >= 4 is 17.7 Å². The molecule has 4 aliphatic rings. The van der Waals surface area contributed by atoms with Gasteiger partial charge in [0.05, 0.1) is 18.9 Å². The van der Waals surface area contributed by atoms with Crippen molar-refractivity contribution < 1.29 is 9.53 Å². The van der Waals surface area contributed by atoms with Crippen LogP contribution in [-0.4, -0.2) is 66.0 Å². The van der Waals surface area contributed by atoms with Crippen LogP contribution in [0.25, 0.3) is 0 Å². The fourth-order valence-electron chi connectivity index (χ4n) is 5.24. The lowest BCUT2D eigenvalue weighted by molar-refractivity contribution is -0.133. The average Bonchev–Trinajstić information content (AvgIpc) is 3.12. The number of piperidine rings is 3. The smallest absolute Gasteiger partial charge is 0.232 e. The maximum Gasteiger partial charge on any atom is 0.232 e. The highest BCUT2D eigenvalue weighted by Crippen LogP contribution is 2.46. The summed E-state index contributed by atoms with van der Waals surface area (Å²) in [6.07, 6.45) is 3.64. The first-order chi connectivity index (χ1) is 12.7. The number of rotatable bonds is 6. The minimum absolute atomic E-state index is 0.350. The van der Waals surface area contributed by atoms with Crippen molar-refractivity contribution in [1.82, 2.24) is 9.80 Å². The summed E-state index contributed by atoms with van der Waals surface area (Å²) < 4.78 is 5.32. The molecule has 4 nitrogen and oxygen atoms in total. The van der Waals surface area contributed by atoms with Crippen molar-refractivity contribution in [3.8, 4) is 5.75 Å². The molecule has 1 amide bonds. The van der Waals surface area contributed by atoms with Gasteiger partial charge in [0.15, 0.2) is 0 Å². The van der Waals surface area contributed by atoms with Gasteiger partial charge < -0.3 is 9.64 Å². The van der Waals surface area contributed by atoms with E-state index in [1.807, 2.05) is 0 Å². The van der Waals surface area contributed by atoms with Crippen LogP contribution >= 0.6 is 11.8 Å². The van der Waals surface area contributed by atoms with Gasteiger partial charge in [0, 0.05) is 18.5 Å². The number of carbonyl (C=O) groups excluding carboxylic acids is 1. The van der Waals surface area contributed by atoms with Gasteiger partial charge in [0.1, 0.15) is 5.75 Å². The minimum atomic E-state index is 0.350. The van der Waals surface area contributed by atoms with E-state index in [1.165, 1.54) is 31.5 Å². The van der Waals surface area contributed by atoms with E-state index in [0.29, 0.717) is 35.6 Å². The monoisotopic (exact) mass is 374 g/mol. The Morgan fingerprint density at radius 2 is 1.92 bits per heavy atom. The van der Waals surface area contributed by atoms with Crippen LogP contribution in [0.1, 0.15) is 37.7 Å². The molecule has 142 valence electrons. The number of ether oxygens (including phenoxy) is 1. The third-order valence-corrected chi connectivity index (χ3v) is 7.58. The lowest BCUT2D eigenvalue weighted by Crippen LogP contribution is -2.60. The molecule has 1 aromatic rings. The number of nitrogens with zero attached hydrogens (tertiary/aromatic N) is 2. The molecule has 0 aromatic heterocycles. The summed E-state index contributed by atoms with van der Waals surface area (Å²) in [5.74, 6) is 4.08. The maximum atomic E-state index is 13.0. The summed E-state index contributed by atoms with van der Waals surface area (Å²) in [7, 11) is 1.71. The van der Waals surface area contributed by atoms with Gasteiger partial charge in [0.2, 0.25) is 5.91 Å². The fraction of sp³-hybridized carbons (Fsp3) is 0.667. The van der Waals surface area contributed by atoms with Gasteiger partial charge in [-0.2, -0.15) is 11.8 Å². The molecule has 4 saturated heterocycles. The number of thioether (sulfide) groups is 1. The second-order valence-corrected chi connectivity index (χ2v) is 8.94. The second kappa shape index (κ2) is 7.81. The van der Waals surface area contributed by atoms with E-state index >= 15 is 0 Å². The number of likely N-dealkylation sites (tertiary alicyclic amines) is 1. The predicted octanol–water partition coefficient (Wildman–Crippen LogP) is 3.23. The van der Waals surface area contributed by atoms with Crippen molar-refractivity contribution in [3.63, 3.8) is 0 Å². The Balaban J connectivity index is 1.58. The zero-order valence-electron chi connectivity index (χ0n) is 15.9. The Labute approximate surface area is 161 Å². The lowest BCUT2D eigenvalue weighted by atomic mass is 9.75. The third-order valence-electron chi connectivity index (χ3n) is 6.43. The molecule has 2 bridgehead atoms. The van der Waals surface area contributed by atoms with E-state index in [2.05, 4.69) is 41.0 Å². The number of carbonyl (C=O) groups is 1. The molecule has 4 aliphatic heterocycles. The summed E-state index contributed by atoms with van der Waals surface area (Å²) in [6.45, 7) is 5.45. The molecule has 1 aromatic carbocycles. The Morgan fingerprint density at radius 3 is 2.58 bits per heavy atom. The molecule has 0 aliphatic carbocycles. The van der Waals surface area contributed by atoms with Crippen LogP contribution < -0.4 is 4.74 Å². The van der Waals surface area contributed by atoms with Crippen LogP contribution in [0.3, 0.4) is 0 Å². The number of methoxy groups -OCH3 is 1. The largest absolute Gasteiger partial charge is 0.497 e. The molecule has 0 radical (unpaired) electrons. The first-order valence-electron chi connectivity index (χ1n) is 9.98. The Morgan fingerprint density at radius 1 is 1.19 bits per heavy atom. The van der Waals surface area contributed by atoms with Crippen LogP contribution in [0.5, 0.6) is 5.75 Å². The number of hydrogen-bond acceptors (Lipinski definition) is 4. The van der Waals surface area contributed by atoms with Crippen LogP contribution in [0.2, 0.25) is 0 Å². The van der Waals surface area contributed by atoms with Crippen molar-refractivity contribution in [2.75, 3.05) is 38.2 Å². The van der Waals surface area contributed by atoms with Crippen LogP contribution in [0.15, 0.2) is 24.3 Å². The molecule has 5 rings (SSSR count). The zero-order chi connectivity index (χ0) is 18.1. The van der Waals surface area contributed by atoms with Crippen molar-refractivity contribution in [3.05, 3.63) is 29.8 Å². The van der Waals surface area contributed by atoms with Gasteiger partial charge in [-0.05, 0) is 61.7 Å². The van der Waals surface area contributed by atoms with Gasteiger partial charge in [-0.1, -0.05) is 19.1 Å². The van der Waals surface area contributed by atoms with Gasteiger partial charge in [0.25, 0.3) is 0 Å². The highest BCUT2D eigenvalue weighted by Gasteiger charge is 2.54. The quantitative estimate of drug-likeness (QED) is 0.716. The SMILES string of the molecule is CCCSCC(=O)N1C[C@@H](c2ccc(OC)cc2)[C@@H]2[C@H]1C1CCN2CC1. The first-order valence-corrected chi connectivity index (χ1v) is 11.1. The molecule has 0 saturated carbocycles. The van der Waals surface area contributed by atoms with E-state index in [0.717, 1.165) is 24.5 Å². The van der Waals surface area contributed by atoms with Gasteiger partial charge in [-0.3, -0.25) is 9.69 Å². The molecule has 4 heterocycles. The number of benzene rings is 1. The van der Waals surface area contributed by atoms with Crippen molar-refractivity contribution in [1.29, 1.82) is 0 Å². The van der Waals surface area contributed by atoms with E-state index in [1.54, 1.807) is 18.9 Å². The summed E-state index contributed by atoms with van der Waals surface area (Å²) >= 11 is 1.79. The zero-order valence-corrected chi connectivity index (χ0v) is 16.7. The molecule has 0 N–H and O–H groups in total. The minimum Gasteiger partial charge on any atom is -0.497 e. The predicted molar refractivity (Wildman–Crippen MR) is 107 cm³/mol. The van der Waals surface area contributed by atoms with Gasteiger partial charge in [-0.15, -0.1) is 0 Å². The summed E-state index contributed by atoms with van der Waals surface area (Å²) in [5, 5.41) is 0. The highest BCUT2D eigenvalue weighted by atomic mass is 32.2. The Kier molecular flexibility index (Phi) is 5.46. The van der Waals surface area contributed by atoms with Crippen LogP contribution in [-0.2, 0) is 4.79 Å². The maximum absolute atomic E-state index is 13.0. The molecule has 26 heavy (non-hydrogen) atoms. The van der Waals surface area contributed by atoms with E-state index in [4.69, 9.17) is 4.74 Å². The van der Waals surface area contributed by atoms with E-state index in [-0.39, 0.29) is 0 Å². The van der Waals surface area contributed by atoms with E-state index < -0.39 is 0 Å². The number of fused-ring (bicyclic) bond motifs is 2. The Bertz CT molecular complexity index is 627. The topological polar surface area (TPSA) is 32.8 Å². The summed E-state index contributed by atoms with van der Waals surface area (Å²) in [4.78, 5) is 17.9. The second-order valence-electron chi connectivity index (χ2n) is 7.83. The normalized spacial score (nSPS) is 32.5. The molecule has 4 fully saturated rings. The lowest BCUT2D eigenvalue weighted by Gasteiger charge is -2.51. The standard InChI is InChI=1S/C21H30N2O2S/c1-3-12-26-14-19(24)23-13-18(15-4-6-17(25-2)7-5-15)21-20(23)16-8-10-22(21)11-9-16/h4-7,16,18,20-21H,3,8-14H2,1-2H3/t18-,20+,21+/m0/s1. The average molecular weight is 375 g/mol. The van der Waals surface area contributed by atoms with Crippen molar-refractivity contribution in [2.45, 2.75) is 44.2 Å². The third kappa shape index (κ3) is 3.24. The highest BCUT2D eigenvalue weighted by molar-refractivity contribution is 7.99. The number of amides is 1. The molecule has 5 heteroatoms. The van der Waals surface area contributed by atoms with Gasteiger partial charge >= 0.3 is 0 Å². The van der Waals surface area contributed by atoms with Crippen LogP contribution in [0, 0.1) is 5.92 Å². The number of hydrogen-bond donors (Lipinski definition) is 0. The van der Waals surface area contributed by atoms with Crippen LogP contribution in [0.4, 0.5) is 0 Å². The molecular weight excluding hydrogens is 344 g/mol. The fourth-order valence-corrected chi connectivity index (χ4v) is 6.01. The first kappa shape index (κ1) is 18.2. The Hall–Kier alpha value is -1.20. The van der Waals surface area contributed by atoms with Gasteiger partial charge in [-0.25, -0.2) is 0 Å². The van der Waals surface area contributed by atoms with Crippen molar-refractivity contribution in [2.24, 2.45) is 5.92 Å². The summed E-state index contributed by atoms with van der Waals surface area (Å²) in [5.41, 5.74) is 1.35. The molecular formula is C21H30N2O2S. The summed E-state index contributed by atoms with van der Waals surface area (Å²) in [6, 6.07) is 9.42. The molecule has 0 spiro atoms. The van der Waals surface area contributed by atoms with E-state index in [9.17, 15) is 4.79 Å². The molecule has 3 atom stereocenters. The molecule has 0 unspecified atom stereocenters.